The molecule has 1 amide bonds. The molecule has 0 spiro atoms. The Kier molecular flexibility index (Phi) is 6.48. The van der Waals surface area contributed by atoms with Gasteiger partial charge < -0.3 is 4.90 Å². The van der Waals surface area contributed by atoms with E-state index in [1.54, 1.807) is 36.1 Å². The minimum atomic E-state index is -3.53. The van der Waals surface area contributed by atoms with Crippen molar-refractivity contribution in [2.45, 2.75) is 44.3 Å². The highest BCUT2D eigenvalue weighted by atomic mass is 35.5. The van der Waals surface area contributed by atoms with Crippen molar-refractivity contribution in [1.29, 1.82) is 0 Å². The first kappa shape index (κ1) is 18.3. The summed E-state index contributed by atoms with van der Waals surface area (Å²) in [5.74, 6) is -0.690. The number of sulfone groups is 1. The lowest BCUT2D eigenvalue weighted by molar-refractivity contribution is -0.128. The number of carbonyl (C=O) groups is 1. The second-order valence-corrected chi connectivity index (χ2v) is 8.91. The highest BCUT2D eigenvalue weighted by Crippen LogP contribution is 2.24. The van der Waals surface area contributed by atoms with Crippen molar-refractivity contribution >= 4 is 27.3 Å². The quantitative estimate of drug-likeness (QED) is 0.827. The van der Waals surface area contributed by atoms with E-state index in [-0.39, 0.29) is 5.91 Å². The highest BCUT2D eigenvalue weighted by molar-refractivity contribution is 7.92. The zero-order chi connectivity index (χ0) is 16.9. The number of carbonyl (C=O) groups excluding carboxylic acids is 1. The highest BCUT2D eigenvalue weighted by Gasteiger charge is 2.28. The third-order valence-corrected chi connectivity index (χ3v) is 6.66. The van der Waals surface area contributed by atoms with Crippen LogP contribution < -0.4 is 0 Å². The van der Waals surface area contributed by atoms with Gasteiger partial charge in [-0.15, -0.1) is 0 Å². The SMILES string of the molecule is CC(c1ccc(Cl)cc1)S(=O)(=O)CC(=O)N1CCCCCCC1. The van der Waals surface area contributed by atoms with Gasteiger partial charge in [-0.25, -0.2) is 8.42 Å². The molecule has 0 N–H and O–H groups in total. The first-order valence-electron chi connectivity index (χ1n) is 8.15. The minimum Gasteiger partial charge on any atom is -0.342 e. The number of nitrogens with zero attached hydrogens (tertiary/aromatic N) is 1. The van der Waals surface area contributed by atoms with E-state index in [1.807, 2.05) is 0 Å². The molecule has 0 saturated carbocycles. The molecule has 1 fully saturated rings. The van der Waals surface area contributed by atoms with Gasteiger partial charge in [-0.1, -0.05) is 43.0 Å². The van der Waals surface area contributed by atoms with Crippen molar-refractivity contribution in [3.63, 3.8) is 0 Å². The number of amides is 1. The average Bonchev–Trinajstić information content (AvgIpc) is 2.46. The lowest BCUT2D eigenvalue weighted by atomic mass is 10.1. The third kappa shape index (κ3) is 5.21. The van der Waals surface area contributed by atoms with Crippen LogP contribution in [-0.2, 0) is 14.6 Å². The van der Waals surface area contributed by atoms with Gasteiger partial charge in [0.15, 0.2) is 9.84 Å². The fourth-order valence-electron chi connectivity index (χ4n) is 2.83. The summed E-state index contributed by atoms with van der Waals surface area (Å²) in [6.07, 6.45) is 5.33. The van der Waals surface area contributed by atoms with Crippen molar-refractivity contribution in [1.82, 2.24) is 4.90 Å². The molecule has 1 saturated heterocycles. The molecule has 6 heteroatoms. The van der Waals surface area contributed by atoms with Crippen LogP contribution in [0.15, 0.2) is 24.3 Å². The van der Waals surface area contributed by atoms with E-state index in [1.165, 1.54) is 6.42 Å². The molecular formula is C17H24ClNO3S. The Morgan fingerprint density at radius 3 is 2.17 bits per heavy atom. The Balaban J connectivity index is 2.03. The number of rotatable bonds is 4. The number of likely N-dealkylation sites (tertiary alicyclic amines) is 1. The van der Waals surface area contributed by atoms with Gasteiger partial charge in [0.05, 0.1) is 5.25 Å². The lowest BCUT2D eigenvalue weighted by Crippen LogP contribution is -2.38. The normalized spacial score (nSPS) is 18.1. The average molecular weight is 358 g/mol. The van der Waals surface area contributed by atoms with Crippen LogP contribution in [0, 0.1) is 0 Å². The van der Waals surface area contributed by atoms with Crippen LogP contribution in [0.4, 0.5) is 0 Å². The smallest absolute Gasteiger partial charge is 0.237 e. The molecule has 1 atom stereocenters. The van der Waals surface area contributed by atoms with E-state index >= 15 is 0 Å². The number of halogens is 1. The summed E-state index contributed by atoms with van der Waals surface area (Å²) in [6, 6.07) is 6.74. The molecule has 0 aliphatic carbocycles. The van der Waals surface area contributed by atoms with Gasteiger partial charge >= 0.3 is 0 Å². The Labute approximate surface area is 143 Å². The van der Waals surface area contributed by atoms with Gasteiger partial charge in [-0.3, -0.25) is 4.79 Å². The second kappa shape index (κ2) is 8.15. The molecule has 23 heavy (non-hydrogen) atoms. The molecule has 0 aromatic heterocycles. The fourth-order valence-corrected chi connectivity index (χ4v) is 4.30. The van der Waals surface area contributed by atoms with E-state index in [2.05, 4.69) is 0 Å². The molecule has 2 rings (SSSR count). The van der Waals surface area contributed by atoms with Crippen molar-refractivity contribution in [3.05, 3.63) is 34.9 Å². The zero-order valence-electron chi connectivity index (χ0n) is 13.5. The maximum Gasteiger partial charge on any atom is 0.237 e. The first-order valence-corrected chi connectivity index (χ1v) is 10.2. The van der Waals surface area contributed by atoms with Crippen LogP contribution in [0.2, 0.25) is 5.02 Å². The number of hydrogen-bond donors (Lipinski definition) is 0. The summed E-state index contributed by atoms with van der Waals surface area (Å²) in [5.41, 5.74) is 0.662. The Morgan fingerprint density at radius 1 is 1.09 bits per heavy atom. The van der Waals surface area contributed by atoms with E-state index in [0.29, 0.717) is 23.7 Å². The molecule has 1 aliphatic heterocycles. The zero-order valence-corrected chi connectivity index (χ0v) is 15.1. The predicted octanol–water partition coefficient (Wildman–Crippen LogP) is 3.61. The lowest BCUT2D eigenvalue weighted by Gasteiger charge is -2.25. The van der Waals surface area contributed by atoms with Gasteiger partial charge in [0, 0.05) is 18.1 Å². The van der Waals surface area contributed by atoms with Crippen LogP contribution in [-0.4, -0.2) is 38.1 Å². The molecule has 0 radical (unpaired) electrons. The van der Waals surface area contributed by atoms with E-state index < -0.39 is 20.8 Å². The largest absolute Gasteiger partial charge is 0.342 e. The number of benzene rings is 1. The monoisotopic (exact) mass is 357 g/mol. The summed E-state index contributed by atoms with van der Waals surface area (Å²) >= 11 is 5.84. The van der Waals surface area contributed by atoms with Gasteiger partial charge in [-0.05, 0) is 37.5 Å². The third-order valence-electron chi connectivity index (χ3n) is 4.41. The first-order chi connectivity index (χ1) is 10.9. The molecule has 1 aromatic rings. The van der Waals surface area contributed by atoms with E-state index in [4.69, 9.17) is 11.6 Å². The number of hydrogen-bond acceptors (Lipinski definition) is 3. The van der Waals surface area contributed by atoms with Gasteiger partial charge in [-0.2, -0.15) is 0 Å². The molecule has 1 aromatic carbocycles. The van der Waals surface area contributed by atoms with Gasteiger partial charge in [0.25, 0.3) is 0 Å². The van der Waals surface area contributed by atoms with Crippen LogP contribution in [0.25, 0.3) is 0 Å². The maximum atomic E-state index is 12.5. The topological polar surface area (TPSA) is 54.5 Å². The molecule has 1 aliphatic rings. The molecular weight excluding hydrogens is 334 g/mol. The maximum absolute atomic E-state index is 12.5. The minimum absolute atomic E-state index is 0.271. The summed E-state index contributed by atoms with van der Waals surface area (Å²) in [6.45, 7) is 2.96. The summed E-state index contributed by atoms with van der Waals surface area (Å²) in [7, 11) is -3.53. The Hall–Kier alpha value is -1.07. The Morgan fingerprint density at radius 2 is 1.61 bits per heavy atom. The summed E-state index contributed by atoms with van der Waals surface area (Å²) in [4.78, 5) is 14.1. The van der Waals surface area contributed by atoms with E-state index in [9.17, 15) is 13.2 Å². The van der Waals surface area contributed by atoms with Crippen LogP contribution in [0.5, 0.6) is 0 Å². The van der Waals surface area contributed by atoms with Crippen LogP contribution in [0.1, 0.15) is 49.8 Å². The molecule has 1 heterocycles. The van der Waals surface area contributed by atoms with Crippen molar-refractivity contribution in [2.75, 3.05) is 18.8 Å². The second-order valence-electron chi connectivity index (χ2n) is 6.15. The van der Waals surface area contributed by atoms with Crippen molar-refractivity contribution in [2.24, 2.45) is 0 Å². The van der Waals surface area contributed by atoms with Crippen molar-refractivity contribution in [3.8, 4) is 0 Å². The van der Waals surface area contributed by atoms with E-state index in [0.717, 1.165) is 25.7 Å². The molecule has 0 bridgehead atoms. The summed E-state index contributed by atoms with van der Waals surface area (Å²) < 4.78 is 25.1. The molecule has 128 valence electrons. The van der Waals surface area contributed by atoms with Gasteiger partial charge in [0.2, 0.25) is 5.91 Å². The standard InChI is InChI=1S/C17H24ClNO3S/c1-14(15-7-9-16(18)10-8-15)23(21,22)13-17(20)19-11-5-3-2-4-6-12-19/h7-10,14H,2-6,11-13H2,1H3. The summed E-state index contributed by atoms with van der Waals surface area (Å²) in [5, 5.41) is -0.145. The van der Waals surface area contributed by atoms with Gasteiger partial charge in [0.1, 0.15) is 5.75 Å². The molecule has 4 nitrogen and oxygen atoms in total. The molecule has 1 unspecified atom stereocenters. The van der Waals surface area contributed by atoms with Crippen molar-refractivity contribution < 1.29 is 13.2 Å². The predicted molar refractivity (Wildman–Crippen MR) is 93.3 cm³/mol. The van der Waals surface area contributed by atoms with Crippen LogP contribution >= 0.6 is 11.6 Å². The van der Waals surface area contributed by atoms with Crippen LogP contribution in [0.3, 0.4) is 0 Å². The fraction of sp³-hybridized carbons (Fsp3) is 0.588. The Bertz CT molecular complexity index is 620.